The summed E-state index contributed by atoms with van der Waals surface area (Å²) in [6.07, 6.45) is 6.66. The quantitative estimate of drug-likeness (QED) is 0.432. The SMILES string of the molecule is CCOc1ccccc1CNC(=NC)NCCCN1CCCCCC1. The van der Waals surface area contributed by atoms with Crippen LogP contribution in [-0.4, -0.2) is 50.7 Å². The predicted molar refractivity (Wildman–Crippen MR) is 105 cm³/mol. The van der Waals surface area contributed by atoms with Crippen LogP contribution >= 0.6 is 0 Å². The number of aliphatic imine (C=N–C) groups is 1. The van der Waals surface area contributed by atoms with E-state index in [4.69, 9.17) is 4.74 Å². The first-order valence-electron chi connectivity index (χ1n) is 9.71. The highest BCUT2D eigenvalue weighted by atomic mass is 16.5. The molecule has 5 nitrogen and oxygen atoms in total. The smallest absolute Gasteiger partial charge is 0.191 e. The number of rotatable bonds is 8. The molecule has 0 spiro atoms. The van der Waals surface area contributed by atoms with Crippen LogP contribution < -0.4 is 15.4 Å². The molecule has 0 radical (unpaired) electrons. The Morgan fingerprint density at radius 1 is 1.12 bits per heavy atom. The molecule has 140 valence electrons. The molecular weight excluding hydrogens is 312 g/mol. The molecule has 0 saturated carbocycles. The normalized spacial score (nSPS) is 16.3. The number of nitrogens with one attached hydrogen (secondary N) is 2. The maximum absolute atomic E-state index is 5.67. The van der Waals surface area contributed by atoms with E-state index in [1.807, 2.05) is 32.2 Å². The van der Waals surface area contributed by atoms with Crippen LogP contribution in [0, 0.1) is 0 Å². The lowest BCUT2D eigenvalue weighted by atomic mass is 10.2. The fraction of sp³-hybridized carbons (Fsp3) is 0.650. The maximum atomic E-state index is 5.67. The number of likely N-dealkylation sites (tertiary alicyclic amines) is 1. The standard InChI is InChI=1S/C20H34N4O/c1-3-25-19-12-7-6-11-18(19)17-23-20(21-2)22-13-10-16-24-14-8-4-5-9-15-24/h6-7,11-12H,3-5,8-10,13-17H2,1-2H3,(H2,21,22,23). The van der Waals surface area contributed by atoms with Gasteiger partial charge in [0.1, 0.15) is 5.75 Å². The molecule has 1 aliphatic rings. The monoisotopic (exact) mass is 346 g/mol. The molecule has 0 bridgehead atoms. The Morgan fingerprint density at radius 2 is 1.88 bits per heavy atom. The average Bonchev–Trinajstić information content (AvgIpc) is 2.91. The molecule has 0 aromatic heterocycles. The van der Waals surface area contributed by atoms with Crippen LogP contribution in [0.4, 0.5) is 0 Å². The number of nitrogens with zero attached hydrogens (tertiary/aromatic N) is 2. The molecule has 1 saturated heterocycles. The van der Waals surface area contributed by atoms with Crippen LogP contribution in [0.1, 0.15) is 44.6 Å². The lowest BCUT2D eigenvalue weighted by Gasteiger charge is -2.20. The van der Waals surface area contributed by atoms with Crippen molar-refractivity contribution in [1.29, 1.82) is 0 Å². The molecule has 2 rings (SSSR count). The van der Waals surface area contributed by atoms with E-state index in [1.165, 1.54) is 45.3 Å². The van der Waals surface area contributed by atoms with Gasteiger partial charge in [0.15, 0.2) is 5.96 Å². The Bertz CT molecular complexity index is 510. The number of para-hydroxylation sites is 1. The molecule has 1 heterocycles. The zero-order valence-corrected chi connectivity index (χ0v) is 15.9. The van der Waals surface area contributed by atoms with Crippen LogP contribution in [0.15, 0.2) is 29.3 Å². The molecule has 1 fully saturated rings. The largest absolute Gasteiger partial charge is 0.494 e. The van der Waals surface area contributed by atoms with Crippen molar-refractivity contribution in [3.8, 4) is 5.75 Å². The molecular formula is C20H34N4O. The van der Waals surface area contributed by atoms with E-state index in [1.54, 1.807) is 0 Å². The van der Waals surface area contributed by atoms with Crippen LogP contribution in [0.3, 0.4) is 0 Å². The summed E-state index contributed by atoms with van der Waals surface area (Å²) in [6.45, 7) is 8.06. The van der Waals surface area contributed by atoms with Crippen LogP contribution in [0.2, 0.25) is 0 Å². The van der Waals surface area contributed by atoms with Gasteiger partial charge in [0.05, 0.1) is 6.61 Å². The summed E-state index contributed by atoms with van der Waals surface area (Å²) < 4.78 is 5.67. The van der Waals surface area contributed by atoms with Crippen LogP contribution in [0.25, 0.3) is 0 Å². The maximum Gasteiger partial charge on any atom is 0.191 e. The minimum atomic E-state index is 0.681. The minimum Gasteiger partial charge on any atom is -0.494 e. The van der Waals surface area contributed by atoms with Gasteiger partial charge in [-0.2, -0.15) is 0 Å². The fourth-order valence-electron chi connectivity index (χ4n) is 3.21. The zero-order chi connectivity index (χ0) is 17.7. The minimum absolute atomic E-state index is 0.681. The lowest BCUT2D eigenvalue weighted by Crippen LogP contribution is -2.38. The molecule has 1 aromatic carbocycles. The highest BCUT2D eigenvalue weighted by molar-refractivity contribution is 5.79. The van der Waals surface area contributed by atoms with Gasteiger partial charge in [-0.25, -0.2) is 0 Å². The third kappa shape index (κ3) is 7.34. The topological polar surface area (TPSA) is 48.9 Å². The molecule has 0 unspecified atom stereocenters. The van der Waals surface area contributed by atoms with E-state index >= 15 is 0 Å². The Kier molecular flexibility index (Phi) is 9.19. The Hall–Kier alpha value is -1.75. The summed E-state index contributed by atoms with van der Waals surface area (Å²) in [5, 5.41) is 6.80. The summed E-state index contributed by atoms with van der Waals surface area (Å²) >= 11 is 0. The van der Waals surface area contributed by atoms with Gasteiger partial charge >= 0.3 is 0 Å². The van der Waals surface area contributed by atoms with Gasteiger partial charge in [0, 0.05) is 25.7 Å². The zero-order valence-electron chi connectivity index (χ0n) is 15.9. The first kappa shape index (κ1) is 19.6. The average molecular weight is 347 g/mol. The summed E-state index contributed by atoms with van der Waals surface area (Å²) in [7, 11) is 1.82. The van der Waals surface area contributed by atoms with E-state index in [9.17, 15) is 0 Å². The van der Waals surface area contributed by atoms with Gasteiger partial charge in [0.25, 0.3) is 0 Å². The number of benzene rings is 1. The molecule has 25 heavy (non-hydrogen) atoms. The fourth-order valence-corrected chi connectivity index (χ4v) is 3.21. The van der Waals surface area contributed by atoms with Gasteiger partial charge < -0.3 is 20.3 Å². The third-order valence-corrected chi connectivity index (χ3v) is 4.58. The summed E-state index contributed by atoms with van der Waals surface area (Å²) in [5.41, 5.74) is 1.15. The second-order valence-electron chi connectivity index (χ2n) is 6.50. The number of hydrogen-bond acceptors (Lipinski definition) is 3. The van der Waals surface area contributed by atoms with Gasteiger partial charge in [-0.3, -0.25) is 4.99 Å². The first-order chi connectivity index (χ1) is 12.3. The summed E-state index contributed by atoms with van der Waals surface area (Å²) in [4.78, 5) is 6.92. The highest BCUT2D eigenvalue weighted by Gasteiger charge is 2.08. The van der Waals surface area contributed by atoms with E-state index < -0.39 is 0 Å². The Balaban J connectivity index is 1.68. The van der Waals surface area contributed by atoms with Crippen molar-refractivity contribution in [3.63, 3.8) is 0 Å². The predicted octanol–water partition coefficient (Wildman–Crippen LogP) is 3.02. The lowest BCUT2D eigenvalue weighted by molar-refractivity contribution is 0.282. The first-order valence-corrected chi connectivity index (χ1v) is 9.71. The molecule has 1 aliphatic heterocycles. The van der Waals surface area contributed by atoms with E-state index in [2.05, 4.69) is 26.6 Å². The molecule has 2 N–H and O–H groups in total. The molecule has 1 aromatic rings. The third-order valence-electron chi connectivity index (χ3n) is 4.58. The van der Waals surface area contributed by atoms with E-state index in [0.29, 0.717) is 13.2 Å². The number of hydrogen-bond donors (Lipinski definition) is 2. The van der Waals surface area contributed by atoms with Crippen molar-refractivity contribution < 1.29 is 4.74 Å². The van der Waals surface area contributed by atoms with Crippen molar-refractivity contribution in [1.82, 2.24) is 15.5 Å². The van der Waals surface area contributed by atoms with E-state index in [0.717, 1.165) is 30.2 Å². The molecule has 5 heteroatoms. The Labute approximate surface area is 152 Å². The molecule has 0 aliphatic carbocycles. The number of ether oxygens (including phenoxy) is 1. The van der Waals surface area contributed by atoms with Gasteiger partial charge in [-0.1, -0.05) is 31.0 Å². The highest BCUT2D eigenvalue weighted by Crippen LogP contribution is 2.17. The second kappa shape index (κ2) is 11.7. The van der Waals surface area contributed by atoms with Crippen molar-refractivity contribution in [2.75, 3.05) is 39.8 Å². The van der Waals surface area contributed by atoms with E-state index in [-0.39, 0.29) is 0 Å². The van der Waals surface area contributed by atoms with Gasteiger partial charge in [-0.15, -0.1) is 0 Å². The Morgan fingerprint density at radius 3 is 2.60 bits per heavy atom. The molecule has 0 atom stereocenters. The second-order valence-corrected chi connectivity index (χ2v) is 6.50. The van der Waals surface area contributed by atoms with Crippen molar-refractivity contribution >= 4 is 5.96 Å². The van der Waals surface area contributed by atoms with Gasteiger partial charge in [-0.05, 0) is 51.9 Å². The number of guanidine groups is 1. The van der Waals surface area contributed by atoms with Gasteiger partial charge in [0.2, 0.25) is 0 Å². The van der Waals surface area contributed by atoms with Crippen LogP contribution in [-0.2, 0) is 6.54 Å². The van der Waals surface area contributed by atoms with Crippen molar-refractivity contribution in [2.45, 2.75) is 45.6 Å². The summed E-state index contributed by atoms with van der Waals surface area (Å²) in [5.74, 6) is 1.79. The summed E-state index contributed by atoms with van der Waals surface area (Å²) in [6, 6.07) is 8.14. The van der Waals surface area contributed by atoms with Crippen LogP contribution in [0.5, 0.6) is 5.75 Å². The molecule has 0 amide bonds. The van der Waals surface area contributed by atoms with Crippen molar-refractivity contribution in [2.24, 2.45) is 4.99 Å². The van der Waals surface area contributed by atoms with Crippen molar-refractivity contribution in [3.05, 3.63) is 29.8 Å².